The minimum atomic E-state index is -0.232. The summed E-state index contributed by atoms with van der Waals surface area (Å²) in [7, 11) is 0. The predicted molar refractivity (Wildman–Crippen MR) is 96.0 cm³/mol. The largest absolute Gasteiger partial charge is 0.454 e. The van der Waals surface area contributed by atoms with Crippen LogP contribution in [0, 0.1) is 3.57 Å². The number of rotatable bonds is 5. The molecule has 0 unspecified atom stereocenters. The number of ether oxygens (including phenoxy) is 2. The molecule has 1 aliphatic rings. The summed E-state index contributed by atoms with van der Waals surface area (Å²) in [5, 5.41) is 6.95. The van der Waals surface area contributed by atoms with Gasteiger partial charge in [0, 0.05) is 15.3 Å². The summed E-state index contributed by atoms with van der Waals surface area (Å²) in [4.78, 5) is 11.8. The van der Waals surface area contributed by atoms with Gasteiger partial charge in [-0.1, -0.05) is 12.1 Å². The Morgan fingerprint density at radius 1 is 1.22 bits per heavy atom. The Bertz CT molecular complexity index is 749. The average Bonchev–Trinajstić information content (AvgIpc) is 3.00. The number of hydrogen-bond acceptors (Lipinski definition) is 5. The van der Waals surface area contributed by atoms with E-state index in [1.165, 1.54) is 0 Å². The SMILES string of the molecule is O=C(CNc1ccc2c(c1)OCO2)N/N=C\c1cccc(I)c1. The number of nitrogens with one attached hydrogen (secondary N) is 2. The minimum absolute atomic E-state index is 0.114. The standard InChI is InChI=1S/C16H14IN3O3/c17-12-3-1-2-11(6-12)8-19-20-16(21)9-18-13-4-5-14-15(7-13)23-10-22-14/h1-8,18H,9-10H2,(H,20,21)/b19-8-. The van der Waals surface area contributed by atoms with Crippen LogP contribution in [-0.4, -0.2) is 25.5 Å². The smallest absolute Gasteiger partial charge is 0.259 e. The third-order valence-electron chi connectivity index (χ3n) is 3.08. The summed E-state index contributed by atoms with van der Waals surface area (Å²) >= 11 is 2.22. The number of nitrogens with zero attached hydrogens (tertiary/aromatic N) is 1. The van der Waals surface area contributed by atoms with Crippen molar-refractivity contribution in [3.05, 3.63) is 51.6 Å². The fraction of sp³-hybridized carbons (Fsp3) is 0.125. The van der Waals surface area contributed by atoms with Crippen LogP contribution in [0.2, 0.25) is 0 Å². The normalized spacial score (nSPS) is 12.4. The monoisotopic (exact) mass is 423 g/mol. The van der Waals surface area contributed by atoms with Crippen molar-refractivity contribution in [3.63, 3.8) is 0 Å². The van der Waals surface area contributed by atoms with Gasteiger partial charge in [-0.05, 0) is 52.4 Å². The first kappa shape index (κ1) is 15.6. The van der Waals surface area contributed by atoms with Crippen LogP contribution in [0.1, 0.15) is 5.56 Å². The van der Waals surface area contributed by atoms with Crippen LogP contribution in [0.5, 0.6) is 11.5 Å². The van der Waals surface area contributed by atoms with E-state index < -0.39 is 0 Å². The molecule has 3 rings (SSSR count). The summed E-state index contributed by atoms with van der Waals surface area (Å²) in [5.41, 5.74) is 4.20. The van der Waals surface area contributed by atoms with Gasteiger partial charge in [-0.2, -0.15) is 5.10 Å². The van der Waals surface area contributed by atoms with E-state index in [0.29, 0.717) is 11.5 Å². The zero-order chi connectivity index (χ0) is 16.1. The molecule has 1 aliphatic heterocycles. The third kappa shape index (κ3) is 4.35. The first-order chi connectivity index (χ1) is 11.2. The summed E-state index contributed by atoms with van der Waals surface area (Å²) in [6, 6.07) is 13.3. The summed E-state index contributed by atoms with van der Waals surface area (Å²) in [6.45, 7) is 0.343. The molecule has 2 aromatic carbocycles. The topological polar surface area (TPSA) is 72.0 Å². The lowest BCUT2D eigenvalue weighted by Gasteiger charge is -2.06. The molecule has 0 spiro atoms. The first-order valence-corrected chi connectivity index (χ1v) is 7.99. The molecule has 0 fully saturated rings. The maximum Gasteiger partial charge on any atom is 0.259 e. The fourth-order valence-corrected chi connectivity index (χ4v) is 2.56. The van der Waals surface area contributed by atoms with Crippen LogP contribution in [0.25, 0.3) is 0 Å². The Hall–Kier alpha value is -2.29. The van der Waals surface area contributed by atoms with Crippen LogP contribution in [0.4, 0.5) is 5.69 Å². The van der Waals surface area contributed by atoms with E-state index in [0.717, 1.165) is 14.8 Å². The van der Waals surface area contributed by atoms with Crippen molar-refractivity contribution in [2.75, 3.05) is 18.7 Å². The van der Waals surface area contributed by atoms with Gasteiger partial charge in [0.15, 0.2) is 11.5 Å². The molecule has 2 aromatic rings. The molecule has 0 bridgehead atoms. The van der Waals surface area contributed by atoms with Gasteiger partial charge in [0.25, 0.3) is 5.91 Å². The number of carbonyl (C=O) groups is 1. The molecule has 0 aromatic heterocycles. The Morgan fingerprint density at radius 2 is 2.09 bits per heavy atom. The van der Waals surface area contributed by atoms with Gasteiger partial charge in [-0.15, -0.1) is 0 Å². The third-order valence-corrected chi connectivity index (χ3v) is 3.75. The molecule has 118 valence electrons. The van der Waals surface area contributed by atoms with Crippen LogP contribution in [-0.2, 0) is 4.79 Å². The van der Waals surface area contributed by atoms with E-state index in [1.807, 2.05) is 30.3 Å². The van der Waals surface area contributed by atoms with E-state index in [2.05, 4.69) is 38.4 Å². The maximum atomic E-state index is 11.8. The van der Waals surface area contributed by atoms with Gasteiger partial charge in [0.05, 0.1) is 12.8 Å². The molecule has 6 nitrogen and oxygen atoms in total. The Labute approximate surface area is 147 Å². The quantitative estimate of drug-likeness (QED) is 0.441. The highest BCUT2D eigenvalue weighted by atomic mass is 127. The number of hydrazone groups is 1. The number of benzene rings is 2. The molecule has 1 heterocycles. The van der Waals surface area contributed by atoms with E-state index in [4.69, 9.17) is 9.47 Å². The summed E-state index contributed by atoms with van der Waals surface area (Å²) in [5.74, 6) is 1.15. The van der Waals surface area contributed by atoms with Gasteiger partial charge in [0.1, 0.15) is 0 Å². The van der Waals surface area contributed by atoms with Gasteiger partial charge in [-0.3, -0.25) is 4.79 Å². The van der Waals surface area contributed by atoms with Gasteiger partial charge in [-0.25, -0.2) is 5.43 Å². The van der Waals surface area contributed by atoms with Crippen LogP contribution in [0.15, 0.2) is 47.6 Å². The molecule has 0 aliphatic carbocycles. The number of halogens is 1. The highest BCUT2D eigenvalue weighted by Crippen LogP contribution is 2.34. The maximum absolute atomic E-state index is 11.8. The molecule has 7 heteroatoms. The molecular weight excluding hydrogens is 409 g/mol. The first-order valence-electron chi connectivity index (χ1n) is 6.92. The van der Waals surface area contributed by atoms with E-state index in [1.54, 1.807) is 18.3 Å². The highest BCUT2D eigenvalue weighted by Gasteiger charge is 2.13. The molecule has 23 heavy (non-hydrogen) atoms. The number of anilines is 1. The molecule has 0 radical (unpaired) electrons. The minimum Gasteiger partial charge on any atom is -0.454 e. The molecule has 0 saturated carbocycles. The zero-order valence-electron chi connectivity index (χ0n) is 12.1. The fourth-order valence-electron chi connectivity index (χ4n) is 1.99. The molecule has 2 N–H and O–H groups in total. The van der Waals surface area contributed by atoms with Crippen molar-refractivity contribution in [2.45, 2.75) is 0 Å². The summed E-state index contributed by atoms with van der Waals surface area (Å²) < 4.78 is 11.6. The Balaban J connectivity index is 1.48. The zero-order valence-corrected chi connectivity index (χ0v) is 14.2. The van der Waals surface area contributed by atoms with Crippen molar-refractivity contribution >= 4 is 40.4 Å². The van der Waals surface area contributed by atoms with E-state index in [9.17, 15) is 4.79 Å². The van der Waals surface area contributed by atoms with Gasteiger partial charge >= 0.3 is 0 Å². The lowest BCUT2D eigenvalue weighted by molar-refractivity contribution is -0.119. The van der Waals surface area contributed by atoms with Crippen molar-refractivity contribution in [2.24, 2.45) is 5.10 Å². The van der Waals surface area contributed by atoms with E-state index >= 15 is 0 Å². The highest BCUT2D eigenvalue weighted by molar-refractivity contribution is 14.1. The van der Waals surface area contributed by atoms with Crippen molar-refractivity contribution in [1.29, 1.82) is 0 Å². The van der Waals surface area contributed by atoms with Crippen LogP contribution >= 0.6 is 22.6 Å². The molecule has 1 amide bonds. The number of amides is 1. The Morgan fingerprint density at radius 3 is 2.96 bits per heavy atom. The number of hydrogen-bond donors (Lipinski definition) is 2. The van der Waals surface area contributed by atoms with Gasteiger partial charge < -0.3 is 14.8 Å². The molecule has 0 saturated heterocycles. The number of fused-ring (bicyclic) bond motifs is 1. The van der Waals surface area contributed by atoms with Crippen molar-refractivity contribution in [3.8, 4) is 11.5 Å². The van der Waals surface area contributed by atoms with Crippen LogP contribution in [0.3, 0.4) is 0 Å². The van der Waals surface area contributed by atoms with Crippen LogP contribution < -0.4 is 20.2 Å². The Kier molecular flexibility index (Phi) is 4.96. The lowest BCUT2D eigenvalue weighted by atomic mass is 10.2. The lowest BCUT2D eigenvalue weighted by Crippen LogP contribution is -2.25. The average molecular weight is 423 g/mol. The van der Waals surface area contributed by atoms with E-state index in [-0.39, 0.29) is 19.2 Å². The van der Waals surface area contributed by atoms with Crippen molar-refractivity contribution < 1.29 is 14.3 Å². The molecular formula is C16H14IN3O3. The van der Waals surface area contributed by atoms with Crippen molar-refractivity contribution in [1.82, 2.24) is 5.43 Å². The van der Waals surface area contributed by atoms with Gasteiger partial charge in [0.2, 0.25) is 6.79 Å². The number of carbonyl (C=O) groups excluding carboxylic acids is 1. The predicted octanol–water partition coefficient (Wildman–Crippen LogP) is 2.58. The molecule has 0 atom stereocenters. The second-order valence-electron chi connectivity index (χ2n) is 4.77. The second kappa shape index (κ2) is 7.32. The summed E-state index contributed by atoms with van der Waals surface area (Å²) in [6.07, 6.45) is 1.61. The second-order valence-corrected chi connectivity index (χ2v) is 6.02.